The number of ketones is 1. The fraction of sp³-hybridized carbons (Fsp3) is 0.478. The zero-order valence-corrected chi connectivity index (χ0v) is 20.3. The molecule has 3 heterocycles. The number of nitrogens with zero attached hydrogens (tertiary/aromatic N) is 2. The number of Topliss-reactive ketones (excluding diaryl/α,β-unsaturated/α-hetero) is 1. The average Bonchev–Trinajstić information content (AvgIpc) is 3.50. The van der Waals surface area contributed by atoms with E-state index in [0.29, 0.717) is 36.9 Å². The summed E-state index contributed by atoms with van der Waals surface area (Å²) in [6, 6.07) is 8.60. The fourth-order valence-electron chi connectivity index (χ4n) is 4.09. The van der Waals surface area contributed by atoms with Crippen LogP contribution in [0.2, 0.25) is 0 Å². The molecule has 1 N–H and O–H groups in total. The van der Waals surface area contributed by atoms with Crippen molar-refractivity contribution in [2.75, 3.05) is 49.6 Å². The summed E-state index contributed by atoms with van der Waals surface area (Å²) in [5.74, 6) is -0.371. The van der Waals surface area contributed by atoms with Gasteiger partial charge in [0.05, 0.1) is 34.4 Å². The van der Waals surface area contributed by atoms with E-state index in [-0.39, 0.29) is 29.4 Å². The number of benzene rings is 1. The Balaban J connectivity index is 1.52. The number of hydrogen-bond donors (Lipinski definition) is 1. The Kier molecular flexibility index (Phi) is 7.48. The molecule has 0 radical (unpaired) electrons. The number of hydrogen-bond acceptors (Lipinski definition) is 7. The average molecular weight is 492 g/mol. The molecule has 0 atom stereocenters. The van der Waals surface area contributed by atoms with Crippen molar-refractivity contribution in [3.63, 3.8) is 0 Å². The quantitative estimate of drug-likeness (QED) is 0.570. The minimum atomic E-state index is -3.69. The van der Waals surface area contributed by atoms with Gasteiger partial charge < -0.3 is 15.0 Å². The second-order valence-corrected chi connectivity index (χ2v) is 11.5. The Labute approximate surface area is 198 Å². The Morgan fingerprint density at radius 3 is 2.42 bits per heavy atom. The van der Waals surface area contributed by atoms with Crippen molar-refractivity contribution in [2.45, 2.75) is 37.5 Å². The van der Waals surface area contributed by atoms with Crippen molar-refractivity contribution in [1.29, 1.82) is 0 Å². The highest BCUT2D eigenvalue weighted by atomic mass is 32.2. The van der Waals surface area contributed by atoms with E-state index in [1.54, 1.807) is 24.3 Å². The number of sulfonamides is 1. The maximum absolute atomic E-state index is 13.1. The van der Waals surface area contributed by atoms with Crippen molar-refractivity contribution in [3.8, 4) is 0 Å². The van der Waals surface area contributed by atoms with Gasteiger partial charge in [0.2, 0.25) is 15.9 Å². The number of amides is 1. The first-order chi connectivity index (χ1) is 15.8. The summed E-state index contributed by atoms with van der Waals surface area (Å²) >= 11 is 1.42. The van der Waals surface area contributed by atoms with Gasteiger partial charge in [-0.2, -0.15) is 4.31 Å². The Hall–Kier alpha value is -2.27. The number of ether oxygens (including phenoxy) is 1. The minimum Gasteiger partial charge on any atom is -0.379 e. The van der Waals surface area contributed by atoms with Crippen molar-refractivity contribution in [2.24, 2.45) is 0 Å². The number of thiophene rings is 1. The monoisotopic (exact) mass is 491 g/mol. The first kappa shape index (κ1) is 23.9. The van der Waals surface area contributed by atoms with Crippen LogP contribution in [-0.2, 0) is 19.6 Å². The van der Waals surface area contributed by atoms with E-state index in [0.717, 1.165) is 36.5 Å². The summed E-state index contributed by atoms with van der Waals surface area (Å²) in [7, 11) is -3.69. The maximum atomic E-state index is 13.1. The summed E-state index contributed by atoms with van der Waals surface area (Å²) in [4.78, 5) is 29.1. The number of morpholine rings is 1. The predicted molar refractivity (Wildman–Crippen MR) is 129 cm³/mol. The lowest BCUT2D eigenvalue weighted by Gasteiger charge is -2.27. The lowest BCUT2D eigenvalue weighted by atomic mass is 10.1. The zero-order chi connectivity index (χ0) is 23.4. The highest BCUT2D eigenvalue weighted by molar-refractivity contribution is 7.89. The van der Waals surface area contributed by atoms with Crippen LogP contribution in [0.15, 0.2) is 35.2 Å². The van der Waals surface area contributed by atoms with Gasteiger partial charge in [-0.05, 0) is 50.1 Å². The molecular formula is C23H29N3O5S2. The number of carbonyl (C=O) groups excluding carboxylic acids is 2. The van der Waals surface area contributed by atoms with Crippen LogP contribution < -0.4 is 10.2 Å². The van der Waals surface area contributed by atoms with E-state index in [2.05, 4.69) is 10.2 Å². The topological polar surface area (TPSA) is 96.0 Å². The molecule has 1 amide bonds. The maximum Gasteiger partial charge on any atom is 0.243 e. The molecular weight excluding hydrogens is 462 g/mol. The first-order valence-electron chi connectivity index (χ1n) is 11.2. The predicted octanol–water partition coefficient (Wildman–Crippen LogP) is 3.28. The molecule has 0 bridgehead atoms. The lowest BCUT2D eigenvalue weighted by molar-refractivity contribution is -0.116. The molecule has 2 fully saturated rings. The van der Waals surface area contributed by atoms with E-state index in [1.807, 2.05) is 13.0 Å². The van der Waals surface area contributed by atoms with Crippen LogP contribution in [0.25, 0.3) is 0 Å². The Bertz CT molecular complexity index is 1120. The molecule has 0 saturated carbocycles. The molecule has 178 valence electrons. The molecule has 0 spiro atoms. The summed E-state index contributed by atoms with van der Waals surface area (Å²) in [6.07, 6.45) is 2.25. The van der Waals surface area contributed by atoms with E-state index in [9.17, 15) is 18.0 Å². The van der Waals surface area contributed by atoms with Gasteiger partial charge in [0.1, 0.15) is 0 Å². The van der Waals surface area contributed by atoms with Crippen LogP contribution in [0, 0.1) is 6.92 Å². The molecule has 2 aromatic rings. The van der Waals surface area contributed by atoms with E-state index >= 15 is 0 Å². The Morgan fingerprint density at radius 2 is 1.76 bits per heavy atom. The van der Waals surface area contributed by atoms with Crippen LogP contribution in [0.3, 0.4) is 0 Å². The molecule has 10 heteroatoms. The summed E-state index contributed by atoms with van der Waals surface area (Å²) in [5, 5.41) is 2.88. The molecule has 0 aliphatic carbocycles. The fourth-order valence-corrected chi connectivity index (χ4v) is 6.36. The summed E-state index contributed by atoms with van der Waals surface area (Å²) in [5.41, 5.74) is 1.28. The third-order valence-electron chi connectivity index (χ3n) is 5.89. The standard InChI is InChI=1S/C23H29N3O5S2/c1-17-4-8-22(32-17)21(27)7-9-23(28)24-19-16-18(5-6-20(19)25-10-2-3-11-25)33(29,30)26-12-14-31-15-13-26/h4-6,8,16H,2-3,7,9-15H2,1H3,(H,24,28). The number of anilines is 2. The summed E-state index contributed by atoms with van der Waals surface area (Å²) in [6.45, 7) is 5.00. The van der Waals surface area contributed by atoms with Crippen LogP contribution >= 0.6 is 11.3 Å². The second kappa shape index (κ2) is 10.3. The highest BCUT2D eigenvalue weighted by Crippen LogP contribution is 2.33. The zero-order valence-electron chi connectivity index (χ0n) is 18.7. The normalized spacial score (nSPS) is 17.3. The summed E-state index contributed by atoms with van der Waals surface area (Å²) < 4.78 is 33.0. The van der Waals surface area contributed by atoms with E-state index < -0.39 is 10.0 Å². The van der Waals surface area contributed by atoms with Crippen molar-refractivity contribution < 1.29 is 22.7 Å². The van der Waals surface area contributed by atoms with Crippen LogP contribution in [0.5, 0.6) is 0 Å². The van der Waals surface area contributed by atoms with Crippen molar-refractivity contribution in [1.82, 2.24) is 4.31 Å². The van der Waals surface area contributed by atoms with Crippen LogP contribution in [0.1, 0.15) is 40.2 Å². The molecule has 1 aromatic heterocycles. The number of nitrogens with one attached hydrogen (secondary N) is 1. The van der Waals surface area contributed by atoms with Crippen molar-refractivity contribution in [3.05, 3.63) is 40.1 Å². The Morgan fingerprint density at radius 1 is 1.03 bits per heavy atom. The molecule has 2 aliphatic heterocycles. The lowest BCUT2D eigenvalue weighted by Crippen LogP contribution is -2.40. The van der Waals surface area contributed by atoms with E-state index in [1.165, 1.54) is 15.6 Å². The molecule has 0 unspecified atom stereocenters. The number of carbonyl (C=O) groups is 2. The third-order valence-corrected chi connectivity index (χ3v) is 8.83. The van der Waals surface area contributed by atoms with Gasteiger partial charge in [0.25, 0.3) is 0 Å². The smallest absolute Gasteiger partial charge is 0.243 e. The van der Waals surface area contributed by atoms with Gasteiger partial charge in [-0.1, -0.05) is 0 Å². The van der Waals surface area contributed by atoms with Gasteiger partial charge in [-0.15, -0.1) is 11.3 Å². The largest absolute Gasteiger partial charge is 0.379 e. The van der Waals surface area contributed by atoms with Gasteiger partial charge in [-0.25, -0.2) is 8.42 Å². The molecule has 4 rings (SSSR count). The van der Waals surface area contributed by atoms with Gasteiger partial charge in [-0.3, -0.25) is 9.59 Å². The minimum absolute atomic E-state index is 0.0374. The highest BCUT2D eigenvalue weighted by Gasteiger charge is 2.28. The van der Waals surface area contributed by atoms with Gasteiger partial charge in [0.15, 0.2) is 5.78 Å². The first-order valence-corrected chi connectivity index (χ1v) is 13.5. The van der Waals surface area contributed by atoms with Crippen LogP contribution in [-0.4, -0.2) is 63.8 Å². The molecule has 1 aromatic carbocycles. The van der Waals surface area contributed by atoms with Crippen LogP contribution in [0.4, 0.5) is 11.4 Å². The molecule has 33 heavy (non-hydrogen) atoms. The van der Waals surface area contributed by atoms with Gasteiger partial charge >= 0.3 is 0 Å². The molecule has 2 saturated heterocycles. The molecule has 8 nitrogen and oxygen atoms in total. The number of rotatable bonds is 8. The van der Waals surface area contributed by atoms with Gasteiger partial charge in [0, 0.05) is 43.9 Å². The van der Waals surface area contributed by atoms with E-state index in [4.69, 9.17) is 4.74 Å². The molecule has 2 aliphatic rings. The number of aryl methyl sites for hydroxylation is 1. The second-order valence-electron chi connectivity index (χ2n) is 8.27. The third kappa shape index (κ3) is 5.63. The SMILES string of the molecule is Cc1ccc(C(=O)CCC(=O)Nc2cc(S(=O)(=O)N3CCOCC3)ccc2N2CCCC2)s1. The van der Waals surface area contributed by atoms with Crippen molar-refractivity contribution >= 4 is 44.4 Å².